The topological polar surface area (TPSA) is 64.7 Å². The summed E-state index contributed by atoms with van der Waals surface area (Å²) in [4.78, 5) is 28.6. The Morgan fingerprint density at radius 2 is 1.50 bits per heavy atom. The number of hydrogen-bond acceptors (Lipinski definition) is 3. The van der Waals surface area contributed by atoms with Gasteiger partial charge in [-0.3, -0.25) is 4.79 Å². The van der Waals surface area contributed by atoms with Crippen molar-refractivity contribution in [1.29, 1.82) is 0 Å². The molecule has 150 valence electrons. The molecule has 3 fully saturated rings. The zero-order valence-corrected chi connectivity index (χ0v) is 16.7. The van der Waals surface area contributed by atoms with Crippen LogP contribution >= 0.6 is 12.4 Å². The summed E-state index contributed by atoms with van der Waals surface area (Å²) in [7, 11) is 0. The molecule has 3 amide bonds. The van der Waals surface area contributed by atoms with Crippen LogP contribution in [0, 0.1) is 5.92 Å². The van der Waals surface area contributed by atoms with E-state index in [-0.39, 0.29) is 24.3 Å². The standard InChI is InChI=1S/C19H34N4O2.ClH/c24-18(7-6-16-8-10-20-11-9-16)22-12-14-23(15-13-22)19(25)21-17-4-2-1-3-5-17;/h16-17,20H,1-15H2,(H,21,25);1H. The highest BCUT2D eigenvalue weighted by Crippen LogP contribution is 2.19. The summed E-state index contributed by atoms with van der Waals surface area (Å²) >= 11 is 0. The molecule has 2 aliphatic heterocycles. The highest BCUT2D eigenvalue weighted by atomic mass is 35.5. The van der Waals surface area contributed by atoms with Gasteiger partial charge < -0.3 is 20.4 Å². The van der Waals surface area contributed by atoms with Crippen LogP contribution in [0.4, 0.5) is 4.79 Å². The SMILES string of the molecule is Cl.O=C(CCC1CCNCC1)N1CCN(C(=O)NC2CCCCC2)CC1. The lowest BCUT2D eigenvalue weighted by atomic mass is 9.93. The summed E-state index contributed by atoms with van der Waals surface area (Å²) in [6, 6.07) is 0.416. The first-order valence-electron chi connectivity index (χ1n) is 10.3. The van der Waals surface area contributed by atoms with E-state index in [1.54, 1.807) is 0 Å². The summed E-state index contributed by atoms with van der Waals surface area (Å²) in [6.45, 7) is 4.88. The van der Waals surface area contributed by atoms with Gasteiger partial charge in [-0.25, -0.2) is 4.79 Å². The van der Waals surface area contributed by atoms with Gasteiger partial charge >= 0.3 is 6.03 Å². The maximum atomic E-state index is 12.4. The molecule has 3 aliphatic rings. The number of nitrogens with zero attached hydrogens (tertiary/aromatic N) is 2. The highest BCUT2D eigenvalue weighted by Gasteiger charge is 2.26. The van der Waals surface area contributed by atoms with Crippen molar-refractivity contribution in [3.05, 3.63) is 0 Å². The first-order chi connectivity index (χ1) is 12.2. The van der Waals surface area contributed by atoms with E-state index in [1.807, 2.05) is 9.80 Å². The Bertz CT molecular complexity index is 443. The number of piperazine rings is 1. The van der Waals surface area contributed by atoms with Crippen molar-refractivity contribution in [3.8, 4) is 0 Å². The van der Waals surface area contributed by atoms with Gasteiger partial charge in [-0.1, -0.05) is 19.3 Å². The second-order valence-corrected chi connectivity index (χ2v) is 7.88. The quantitative estimate of drug-likeness (QED) is 0.779. The molecule has 2 heterocycles. The fourth-order valence-corrected chi connectivity index (χ4v) is 4.33. The lowest BCUT2D eigenvalue weighted by Gasteiger charge is -2.36. The Balaban J connectivity index is 0.00000243. The van der Waals surface area contributed by atoms with Crippen LogP contribution in [-0.4, -0.2) is 67.0 Å². The molecule has 0 radical (unpaired) electrons. The molecule has 0 unspecified atom stereocenters. The third-order valence-corrected chi connectivity index (χ3v) is 6.08. The van der Waals surface area contributed by atoms with Crippen molar-refractivity contribution in [3.63, 3.8) is 0 Å². The van der Waals surface area contributed by atoms with Crippen molar-refractivity contribution < 1.29 is 9.59 Å². The molecule has 0 spiro atoms. The van der Waals surface area contributed by atoms with Gasteiger partial charge in [-0.15, -0.1) is 12.4 Å². The molecule has 7 heteroatoms. The Labute approximate surface area is 163 Å². The molecule has 1 aliphatic carbocycles. The number of nitrogens with one attached hydrogen (secondary N) is 2. The van der Waals surface area contributed by atoms with Gasteiger partial charge in [0.05, 0.1) is 0 Å². The minimum Gasteiger partial charge on any atom is -0.339 e. The van der Waals surface area contributed by atoms with Gasteiger partial charge in [0.2, 0.25) is 5.91 Å². The first kappa shape index (κ1) is 21.3. The van der Waals surface area contributed by atoms with E-state index in [0.29, 0.717) is 44.6 Å². The molecule has 0 aromatic carbocycles. The van der Waals surface area contributed by atoms with E-state index >= 15 is 0 Å². The minimum atomic E-state index is 0. The second-order valence-electron chi connectivity index (χ2n) is 7.88. The summed E-state index contributed by atoms with van der Waals surface area (Å²) in [5.41, 5.74) is 0. The molecule has 2 N–H and O–H groups in total. The molecular weight excluding hydrogens is 352 g/mol. The largest absolute Gasteiger partial charge is 0.339 e. The molecule has 0 aromatic rings. The zero-order valence-electron chi connectivity index (χ0n) is 15.9. The summed E-state index contributed by atoms with van der Waals surface area (Å²) < 4.78 is 0. The highest BCUT2D eigenvalue weighted by molar-refractivity contribution is 5.85. The van der Waals surface area contributed by atoms with Crippen LogP contribution < -0.4 is 10.6 Å². The third-order valence-electron chi connectivity index (χ3n) is 6.08. The number of carbonyl (C=O) groups excluding carboxylic acids is 2. The van der Waals surface area contributed by atoms with E-state index in [9.17, 15) is 9.59 Å². The predicted molar refractivity (Wildman–Crippen MR) is 106 cm³/mol. The molecule has 3 rings (SSSR count). The maximum Gasteiger partial charge on any atom is 0.317 e. The van der Waals surface area contributed by atoms with E-state index in [4.69, 9.17) is 0 Å². The van der Waals surface area contributed by atoms with Crippen molar-refractivity contribution in [1.82, 2.24) is 20.4 Å². The first-order valence-corrected chi connectivity index (χ1v) is 10.3. The van der Waals surface area contributed by atoms with Crippen molar-refractivity contribution in [2.45, 2.75) is 63.8 Å². The number of carbonyl (C=O) groups is 2. The molecular formula is C19H35ClN4O2. The lowest BCUT2D eigenvalue weighted by molar-refractivity contribution is -0.133. The molecule has 1 saturated carbocycles. The fraction of sp³-hybridized carbons (Fsp3) is 0.895. The van der Waals surface area contributed by atoms with Gasteiger partial charge in [-0.2, -0.15) is 0 Å². The third kappa shape index (κ3) is 6.31. The van der Waals surface area contributed by atoms with Gasteiger partial charge in [0.15, 0.2) is 0 Å². The van der Waals surface area contributed by atoms with Gasteiger partial charge in [-0.05, 0) is 51.1 Å². The molecule has 0 atom stereocenters. The lowest BCUT2D eigenvalue weighted by Crippen LogP contribution is -2.54. The summed E-state index contributed by atoms with van der Waals surface area (Å²) in [6.07, 6.45) is 10.0. The zero-order chi connectivity index (χ0) is 17.5. The Kier molecular flexibility index (Phi) is 8.99. The number of rotatable bonds is 4. The van der Waals surface area contributed by atoms with Crippen LogP contribution in [0.15, 0.2) is 0 Å². The molecule has 6 nitrogen and oxygen atoms in total. The number of halogens is 1. The number of piperidine rings is 1. The van der Waals surface area contributed by atoms with Crippen LogP contribution in [0.3, 0.4) is 0 Å². The number of hydrogen-bond donors (Lipinski definition) is 2. The Morgan fingerprint density at radius 3 is 2.15 bits per heavy atom. The number of amides is 3. The van der Waals surface area contributed by atoms with Crippen LogP contribution in [0.2, 0.25) is 0 Å². The smallest absolute Gasteiger partial charge is 0.317 e. The molecule has 0 aromatic heterocycles. The van der Waals surface area contributed by atoms with E-state index < -0.39 is 0 Å². The van der Waals surface area contributed by atoms with Gasteiger partial charge in [0.25, 0.3) is 0 Å². The summed E-state index contributed by atoms with van der Waals surface area (Å²) in [5, 5.41) is 6.55. The Hall–Kier alpha value is -1.01. The average molecular weight is 387 g/mol. The van der Waals surface area contributed by atoms with E-state index in [1.165, 1.54) is 32.1 Å². The van der Waals surface area contributed by atoms with Crippen LogP contribution in [0.25, 0.3) is 0 Å². The molecule has 0 bridgehead atoms. The van der Waals surface area contributed by atoms with Gasteiger partial charge in [0.1, 0.15) is 0 Å². The van der Waals surface area contributed by atoms with Crippen molar-refractivity contribution >= 4 is 24.3 Å². The van der Waals surface area contributed by atoms with Crippen LogP contribution in [0.1, 0.15) is 57.8 Å². The van der Waals surface area contributed by atoms with Gasteiger partial charge in [0, 0.05) is 38.6 Å². The molecule has 2 saturated heterocycles. The van der Waals surface area contributed by atoms with Crippen molar-refractivity contribution in [2.75, 3.05) is 39.3 Å². The summed E-state index contributed by atoms with van der Waals surface area (Å²) in [5.74, 6) is 0.971. The fourth-order valence-electron chi connectivity index (χ4n) is 4.33. The molecule has 26 heavy (non-hydrogen) atoms. The Morgan fingerprint density at radius 1 is 0.885 bits per heavy atom. The second kappa shape index (κ2) is 11.0. The van der Waals surface area contributed by atoms with E-state index in [0.717, 1.165) is 32.4 Å². The minimum absolute atomic E-state index is 0. The number of urea groups is 1. The van der Waals surface area contributed by atoms with Crippen molar-refractivity contribution in [2.24, 2.45) is 5.92 Å². The van der Waals surface area contributed by atoms with Crippen LogP contribution in [0.5, 0.6) is 0 Å². The monoisotopic (exact) mass is 386 g/mol. The average Bonchev–Trinajstić information content (AvgIpc) is 2.68. The predicted octanol–water partition coefficient (Wildman–Crippen LogP) is 2.37. The van der Waals surface area contributed by atoms with E-state index in [2.05, 4.69) is 10.6 Å². The van der Waals surface area contributed by atoms with Crippen LogP contribution in [-0.2, 0) is 4.79 Å². The normalized spacial score (nSPS) is 22.6. The maximum absolute atomic E-state index is 12.4.